The molecule has 0 aliphatic carbocycles. The van der Waals surface area contributed by atoms with Crippen LogP contribution in [-0.4, -0.2) is 26.7 Å². The van der Waals surface area contributed by atoms with Crippen molar-refractivity contribution in [2.45, 2.75) is 39.2 Å². The van der Waals surface area contributed by atoms with Crippen molar-refractivity contribution in [1.82, 2.24) is 20.1 Å². The van der Waals surface area contributed by atoms with Crippen molar-refractivity contribution in [3.8, 4) is 5.82 Å². The molecule has 6 heteroatoms. The Labute approximate surface area is 164 Å². The third kappa shape index (κ3) is 4.37. The summed E-state index contributed by atoms with van der Waals surface area (Å²) in [5, 5.41) is 8.18. The summed E-state index contributed by atoms with van der Waals surface area (Å²) in [5.41, 5.74) is 2.43. The summed E-state index contributed by atoms with van der Waals surface area (Å²) in [6, 6.07) is 13.3. The van der Waals surface area contributed by atoms with Gasteiger partial charge in [-0.3, -0.25) is 4.79 Å². The predicted octanol–water partition coefficient (Wildman–Crippen LogP) is 4.41. The highest BCUT2D eigenvalue weighted by atomic mass is 35.5. The molecule has 140 valence electrons. The van der Waals surface area contributed by atoms with E-state index in [2.05, 4.69) is 15.4 Å². The van der Waals surface area contributed by atoms with Gasteiger partial charge in [0.25, 0.3) is 5.91 Å². The first-order valence-electron chi connectivity index (χ1n) is 9.01. The molecule has 0 bridgehead atoms. The highest BCUT2D eigenvalue weighted by molar-refractivity contribution is 6.31. The Morgan fingerprint density at radius 3 is 2.56 bits per heavy atom. The molecular weight excluding hydrogens is 360 g/mol. The first kappa shape index (κ1) is 19.1. The average Bonchev–Trinajstić information content (AvgIpc) is 3.10. The summed E-state index contributed by atoms with van der Waals surface area (Å²) in [5.74, 6) is 0.680. The number of halogens is 1. The molecule has 0 saturated heterocycles. The summed E-state index contributed by atoms with van der Waals surface area (Å²) in [4.78, 5) is 17.2. The Balaban J connectivity index is 1.80. The standard InChI is InChI=1S/C21H23ClN4O/c1-14(2)20-17(13-24-26(20)19-10-6-7-11-23-19)21(27)25-15(3)12-16-8-4-5-9-18(16)22/h4-11,13-15H,12H2,1-3H3,(H,25,27). The molecule has 5 nitrogen and oxygen atoms in total. The third-order valence-corrected chi connectivity index (χ3v) is 4.69. The van der Waals surface area contributed by atoms with Gasteiger partial charge in [-0.15, -0.1) is 0 Å². The monoisotopic (exact) mass is 382 g/mol. The summed E-state index contributed by atoms with van der Waals surface area (Å²) in [7, 11) is 0. The van der Waals surface area contributed by atoms with Crippen molar-refractivity contribution in [2.75, 3.05) is 0 Å². The number of rotatable bonds is 6. The van der Waals surface area contributed by atoms with E-state index >= 15 is 0 Å². The predicted molar refractivity (Wildman–Crippen MR) is 108 cm³/mol. The van der Waals surface area contributed by atoms with E-state index in [-0.39, 0.29) is 17.9 Å². The van der Waals surface area contributed by atoms with Crippen LogP contribution in [0.2, 0.25) is 5.02 Å². The molecule has 0 fully saturated rings. The maximum absolute atomic E-state index is 12.9. The van der Waals surface area contributed by atoms with Gasteiger partial charge in [0.15, 0.2) is 5.82 Å². The lowest BCUT2D eigenvalue weighted by molar-refractivity contribution is 0.0938. The largest absolute Gasteiger partial charge is 0.349 e. The highest BCUT2D eigenvalue weighted by Gasteiger charge is 2.22. The van der Waals surface area contributed by atoms with Crippen LogP contribution in [0.1, 0.15) is 48.3 Å². The summed E-state index contributed by atoms with van der Waals surface area (Å²) < 4.78 is 1.73. The van der Waals surface area contributed by atoms with Gasteiger partial charge in [0.2, 0.25) is 0 Å². The maximum atomic E-state index is 12.9. The first-order chi connectivity index (χ1) is 13.0. The van der Waals surface area contributed by atoms with Gasteiger partial charge < -0.3 is 5.32 Å². The zero-order chi connectivity index (χ0) is 19.4. The zero-order valence-corrected chi connectivity index (χ0v) is 16.4. The topological polar surface area (TPSA) is 59.8 Å². The Morgan fingerprint density at radius 2 is 1.89 bits per heavy atom. The van der Waals surface area contributed by atoms with Gasteiger partial charge in [0, 0.05) is 17.3 Å². The molecule has 1 atom stereocenters. The van der Waals surface area contributed by atoms with Crippen LogP contribution in [0.4, 0.5) is 0 Å². The van der Waals surface area contributed by atoms with Gasteiger partial charge >= 0.3 is 0 Å². The van der Waals surface area contributed by atoms with Gasteiger partial charge in [-0.25, -0.2) is 9.67 Å². The SMILES string of the molecule is CC(Cc1ccccc1Cl)NC(=O)c1cnn(-c2ccccn2)c1C(C)C. The average molecular weight is 383 g/mol. The fourth-order valence-corrected chi connectivity index (χ4v) is 3.31. The molecule has 1 unspecified atom stereocenters. The van der Waals surface area contributed by atoms with Crippen LogP contribution in [0.3, 0.4) is 0 Å². The van der Waals surface area contributed by atoms with Crippen LogP contribution < -0.4 is 5.32 Å². The molecule has 0 aliphatic rings. The van der Waals surface area contributed by atoms with Crippen LogP contribution in [0, 0.1) is 0 Å². The number of benzene rings is 1. The fraction of sp³-hybridized carbons (Fsp3) is 0.286. The zero-order valence-electron chi connectivity index (χ0n) is 15.7. The van der Waals surface area contributed by atoms with Gasteiger partial charge in [0.05, 0.1) is 17.5 Å². The summed E-state index contributed by atoms with van der Waals surface area (Å²) in [6.45, 7) is 6.06. The van der Waals surface area contributed by atoms with Gasteiger partial charge in [-0.2, -0.15) is 5.10 Å². The minimum absolute atomic E-state index is 0.0596. The molecule has 1 aromatic carbocycles. The number of carbonyl (C=O) groups excluding carboxylic acids is 1. The van der Waals surface area contributed by atoms with Crippen molar-refractivity contribution < 1.29 is 4.79 Å². The molecule has 27 heavy (non-hydrogen) atoms. The molecule has 2 heterocycles. The summed E-state index contributed by atoms with van der Waals surface area (Å²) >= 11 is 6.23. The van der Waals surface area contributed by atoms with Crippen LogP contribution >= 0.6 is 11.6 Å². The highest BCUT2D eigenvalue weighted by Crippen LogP contribution is 2.22. The van der Waals surface area contributed by atoms with Crippen molar-refractivity contribution >= 4 is 17.5 Å². The normalized spacial score (nSPS) is 12.2. The number of amides is 1. The number of aromatic nitrogens is 3. The maximum Gasteiger partial charge on any atom is 0.255 e. The van der Waals surface area contributed by atoms with E-state index in [0.717, 1.165) is 11.3 Å². The smallest absolute Gasteiger partial charge is 0.255 e. The Bertz CT molecular complexity index is 921. The number of carbonyl (C=O) groups is 1. The third-order valence-electron chi connectivity index (χ3n) is 4.33. The molecule has 2 aromatic heterocycles. The second kappa shape index (κ2) is 8.35. The lowest BCUT2D eigenvalue weighted by Crippen LogP contribution is -2.34. The first-order valence-corrected chi connectivity index (χ1v) is 9.38. The van der Waals surface area contributed by atoms with E-state index in [4.69, 9.17) is 11.6 Å². The molecule has 3 aromatic rings. The van der Waals surface area contributed by atoms with Gasteiger partial charge in [-0.05, 0) is 43.0 Å². The minimum Gasteiger partial charge on any atom is -0.349 e. The molecule has 0 radical (unpaired) electrons. The number of hydrogen-bond donors (Lipinski definition) is 1. The molecular formula is C21H23ClN4O. The van der Waals surface area contributed by atoms with E-state index in [1.165, 1.54) is 0 Å². The van der Waals surface area contributed by atoms with Crippen LogP contribution in [0.15, 0.2) is 54.9 Å². The van der Waals surface area contributed by atoms with Crippen molar-refractivity contribution in [1.29, 1.82) is 0 Å². The fourth-order valence-electron chi connectivity index (χ4n) is 3.10. The molecule has 3 rings (SSSR count). The lowest BCUT2D eigenvalue weighted by Gasteiger charge is -2.16. The molecule has 0 spiro atoms. The second-order valence-electron chi connectivity index (χ2n) is 6.87. The van der Waals surface area contributed by atoms with Gasteiger partial charge in [-0.1, -0.05) is 49.7 Å². The van der Waals surface area contributed by atoms with Crippen molar-refractivity contribution in [3.05, 3.63) is 76.7 Å². The summed E-state index contributed by atoms with van der Waals surface area (Å²) in [6.07, 6.45) is 3.99. The van der Waals surface area contributed by atoms with Gasteiger partial charge in [0.1, 0.15) is 0 Å². The van der Waals surface area contributed by atoms with Crippen LogP contribution in [0.5, 0.6) is 0 Å². The van der Waals surface area contributed by atoms with Crippen molar-refractivity contribution in [3.63, 3.8) is 0 Å². The Hall–Kier alpha value is -2.66. The minimum atomic E-state index is -0.138. The van der Waals surface area contributed by atoms with E-state index in [1.54, 1.807) is 17.1 Å². The lowest BCUT2D eigenvalue weighted by atomic mass is 10.0. The molecule has 1 amide bonds. The number of hydrogen-bond acceptors (Lipinski definition) is 3. The van der Waals surface area contributed by atoms with Crippen LogP contribution in [-0.2, 0) is 6.42 Å². The van der Waals surface area contributed by atoms with E-state index < -0.39 is 0 Å². The Morgan fingerprint density at radius 1 is 1.15 bits per heavy atom. The number of nitrogens with zero attached hydrogens (tertiary/aromatic N) is 3. The molecule has 1 N–H and O–H groups in total. The van der Waals surface area contributed by atoms with E-state index in [9.17, 15) is 4.79 Å². The van der Waals surface area contributed by atoms with Crippen molar-refractivity contribution in [2.24, 2.45) is 0 Å². The van der Waals surface area contributed by atoms with Crippen LogP contribution in [0.25, 0.3) is 5.82 Å². The molecule has 0 saturated carbocycles. The number of nitrogens with one attached hydrogen (secondary N) is 1. The molecule has 0 aliphatic heterocycles. The van der Waals surface area contributed by atoms with E-state index in [0.29, 0.717) is 22.8 Å². The van der Waals surface area contributed by atoms with E-state index in [1.807, 2.05) is 63.2 Å². The Kier molecular flexibility index (Phi) is 5.91. The second-order valence-corrected chi connectivity index (χ2v) is 7.28. The number of pyridine rings is 1. The quantitative estimate of drug-likeness (QED) is 0.687.